The topological polar surface area (TPSA) is 87.3 Å². The summed E-state index contributed by atoms with van der Waals surface area (Å²) in [6.07, 6.45) is 3.27. The zero-order valence-electron chi connectivity index (χ0n) is 18.4. The van der Waals surface area contributed by atoms with E-state index in [-0.39, 0.29) is 35.7 Å². The molecule has 2 atom stereocenters. The van der Waals surface area contributed by atoms with Crippen molar-refractivity contribution >= 4 is 23.4 Å². The Kier molecular flexibility index (Phi) is 7.45. The number of hydrogen-bond acceptors (Lipinski definition) is 3. The Bertz CT molecular complexity index is 940. The largest absolute Gasteiger partial charge is 0.354 e. The molecule has 0 aromatic heterocycles. The van der Waals surface area contributed by atoms with Gasteiger partial charge in [-0.2, -0.15) is 0 Å². The van der Waals surface area contributed by atoms with E-state index in [1.165, 1.54) is 0 Å². The van der Waals surface area contributed by atoms with Gasteiger partial charge in [0.05, 0.1) is 0 Å². The van der Waals surface area contributed by atoms with Crippen molar-refractivity contribution in [3.05, 3.63) is 65.2 Å². The van der Waals surface area contributed by atoms with E-state index in [0.717, 1.165) is 24.8 Å². The summed E-state index contributed by atoms with van der Waals surface area (Å²) in [5, 5.41) is 8.94. The van der Waals surface area contributed by atoms with E-state index in [2.05, 4.69) is 16.0 Å². The van der Waals surface area contributed by atoms with E-state index in [9.17, 15) is 14.4 Å². The highest BCUT2D eigenvalue weighted by Gasteiger charge is 2.28. The van der Waals surface area contributed by atoms with Crippen molar-refractivity contribution in [1.29, 1.82) is 0 Å². The number of carbonyl (C=O) groups is 3. The predicted octanol–water partition coefficient (Wildman–Crippen LogP) is 4.06. The van der Waals surface area contributed by atoms with Crippen LogP contribution in [0.15, 0.2) is 48.5 Å². The van der Waals surface area contributed by atoms with Crippen LogP contribution in [0, 0.1) is 12.8 Å². The van der Waals surface area contributed by atoms with Gasteiger partial charge in [-0.25, -0.2) is 0 Å². The molecule has 3 amide bonds. The number of nitrogens with one attached hydrogen (secondary N) is 3. The van der Waals surface area contributed by atoms with Crippen molar-refractivity contribution in [2.24, 2.45) is 5.92 Å². The van der Waals surface area contributed by atoms with Gasteiger partial charge in [-0.05, 0) is 69.9 Å². The minimum atomic E-state index is -0.215. The minimum Gasteiger partial charge on any atom is -0.354 e. The molecular weight excluding hydrogens is 390 g/mol. The molecule has 3 N–H and O–H groups in total. The summed E-state index contributed by atoms with van der Waals surface area (Å²) >= 11 is 0. The third kappa shape index (κ3) is 6.17. The van der Waals surface area contributed by atoms with E-state index in [4.69, 9.17) is 0 Å². The highest BCUT2D eigenvalue weighted by Crippen LogP contribution is 2.25. The Balaban J connectivity index is 1.64. The minimum absolute atomic E-state index is 0.0344. The maximum absolute atomic E-state index is 12.9. The van der Waals surface area contributed by atoms with Crippen LogP contribution in [0.25, 0.3) is 0 Å². The Morgan fingerprint density at radius 3 is 2.39 bits per heavy atom. The summed E-state index contributed by atoms with van der Waals surface area (Å²) in [4.78, 5) is 37.7. The van der Waals surface area contributed by atoms with Crippen molar-refractivity contribution in [1.82, 2.24) is 10.6 Å². The summed E-state index contributed by atoms with van der Waals surface area (Å²) in [7, 11) is 0. The number of benzene rings is 2. The standard InChI is InChI=1S/C25H31N3O3/c1-16(2)26-24(30)19-10-7-11-21(14-19)27-25(31)20-13-12-17(3)22(15-20)28-23(29)18-8-5-4-6-9-18/h4-6,8-9,12-13,15-16,19,21H,7,10-11,14H2,1-3H3,(H,26,30)(H,27,31)(H,28,29). The maximum Gasteiger partial charge on any atom is 0.255 e. The molecule has 0 bridgehead atoms. The summed E-state index contributed by atoms with van der Waals surface area (Å²) in [5.41, 5.74) is 2.54. The van der Waals surface area contributed by atoms with Crippen molar-refractivity contribution in [2.75, 3.05) is 5.32 Å². The second-order valence-corrected chi connectivity index (χ2v) is 8.55. The van der Waals surface area contributed by atoms with Gasteiger partial charge in [-0.3, -0.25) is 14.4 Å². The second kappa shape index (κ2) is 10.2. The lowest BCUT2D eigenvalue weighted by molar-refractivity contribution is -0.126. The van der Waals surface area contributed by atoms with E-state index in [0.29, 0.717) is 23.2 Å². The molecule has 1 aliphatic rings. The third-order valence-corrected chi connectivity index (χ3v) is 5.60. The van der Waals surface area contributed by atoms with E-state index in [1.54, 1.807) is 24.3 Å². The lowest BCUT2D eigenvalue weighted by Gasteiger charge is -2.29. The van der Waals surface area contributed by atoms with Gasteiger partial charge in [0, 0.05) is 34.8 Å². The van der Waals surface area contributed by atoms with Gasteiger partial charge >= 0.3 is 0 Å². The zero-order chi connectivity index (χ0) is 22.4. The molecule has 0 spiro atoms. The van der Waals surface area contributed by atoms with E-state index < -0.39 is 0 Å². The number of amides is 3. The first-order chi connectivity index (χ1) is 14.8. The molecule has 31 heavy (non-hydrogen) atoms. The average molecular weight is 422 g/mol. The average Bonchev–Trinajstić information content (AvgIpc) is 2.75. The first kappa shape index (κ1) is 22.5. The fraction of sp³-hybridized carbons (Fsp3) is 0.400. The molecule has 6 heteroatoms. The molecule has 1 aliphatic carbocycles. The van der Waals surface area contributed by atoms with E-state index in [1.807, 2.05) is 45.0 Å². The summed E-state index contributed by atoms with van der Waals surface area (Å²) in [6, 6.07) is 14.3. The van der Waals surface area contributed by atoms with Crippen LogP contribution in [0.1, 0.15) is 65.8 Å². The second-order valence-electron chi connectivity index (χ2n) is 8.55. The van der Waals surface area contributed by atoms with Crippen LogP contribution in [0.5, 0.6) is 0 Å². The highest BCUT2D eigenvalue weighted by molar-refractivity contribution is 6.05. The normalized spacial score (nSPS) is 18.3. The van der Waals surface area contributed by atoms with Crippen LogP contribution in [0.3, 0.4) is 0 Å². The van der Waals surface area contributed by atoms with Crippen LogP contribution in [0.4, 0.5) is 5.69 Å². The van der Waals surface area contributed by atoms with Gasteiger partial charge in [-0.15, -0.1) is 0 Å². The molecule has 6 nitrogen and oxygen atoms in total. The number of hydrogen-bond donors (Lipinski definition) is 3. The summed E-state index contributed by atoms with van der Waals surface area (Å²) in [6.45, 7) is 5.79. The molecule has 2 aromatic carbocycles. The van der Waals surface area contributed by atoms with Gasteiger partial charge in [0.2, 0.25) is 5.91 Å². The van der Waals surface area contributed by atoms with Gasteiger partial charge in [0.1, 0.15) is 0 Å². The number of anilines is 1. The molecule has 0 heterocycles. The predicted molar refractivity (Wildman–Crippen MR) is 122 cm³/mol. The highest BCUT2D eigenvalue weighted by atomic mass is 16.2. The smallest absolute Gasteiger partial charge is 0.255 e. The van der Waals surface area contributed by atoms with Gasteiger partial charge in [0.15, 0.2) is 0 Å². The molecular formula is C25H31N3O3. The number of carbonyl (C=O) groups excluding carboxylic acids is 3. The molecule has 0 radical (unpaired) electrons. The lowest BCUT2D eigenvalue weighted by Crippen LogP contribution is -2.43. The Morgan fingerprint density at radius 1 is 0.935 bits per heavy atom. The Hall–Kier alpha value is -3.15. The molecule has 1 fully saturated rings. The molecule has 0 saturated heterocycles. The van der Waals surface area contributed by atoms with Crippen molar-refractivity contribution in [3.63, 3.8) is 0 Å². The summed E-state index contributed by atoms with van der Waals surface area (Å²) < 4.78 is 0. The quantitative estimate of drug-likeness (QED) is 0.657. The Morgan fingerprint density at radius 2 is 1.68 bits per heavy atom. The van der Waals surface area contributed by atoms with E-state index >= 15 is 0 Å². The van der Waals surface area contributed by atoms with Gasteiger partial charge in [0.25, 0.3) is 11.8 Å². The number of aryl methyl sites for hydroxylation is 1. The number of rotatable bonds is 6. The zero-order valence-corrected chi connectivity index (χ0v) is 18.4. The van der Waals surface area contributed by atoms with Crippen LogP contribution < -0.4 is 16.0 Å². The van der Waals surface area contributed by atoms with Gasteiger partial charge in [-0.1, -0.05) is 30.7 Å². The van der Waals surface area contributed by atoms with Crippen LogP contribution >= 0.6 is 0 Å². The van der Waals surface area contributed by atoms with Crippen molar-refractivity contribution in [3.8, 4) is 0 Å². The fourth-order valence-electron chi connectivity index (χ4n) is 3.91. The molecule has 1 saturated carbocycles. The molecule has 2 unspecified atom stereocenters. The first-order valence-corrected chi connectivity index (χ1v) is 10.9. The van der Waals surface area contributed by atoms with Gasteiger partial charge < -0.3 is 16.0 Å². The van der Waals surface area contributed by atoms with Crippen molar-refractivity contribution in [2.45, 2.75) is 58.5 Å². The van der Waals surface area contributed by atoms with Crippen LogP contribution in [-0.4, -0.2) is 29.8 Å². The molecule has 3 rings (SSSR count). The maximum atomic E-state index is 12.9. The molecule has 0 aliphatic heterocycles. The monoisotopic (exact) mass is 421 g/mol. The lowest BCUT2D eigenvalue weighted by atomic mass is 9.85. The summed E-state index contributed by atoms with van der Waals surface area (Å²) in [5.74, 6) is -0.409. The molecule has 2 aromatic rings. The molecule has 164 valence electrons. The Labute approximate surface area is 183 Å². The first-order valence-electron chi connectivity index (χ1n) is 10.9. The fourth-order valence-corrected chi connectivity index (χ4v) is 3.91. The third-order valence-electron chi connectivity index (χ3n) is 5.60. The van der Waals surface area contributed by atoms with Crippen molar-refractivity contribution < 1.29 is 14.4 Å². The van der Waals surface area contributed by atoms with Crippen LogP contribution in [0.2, 0.25) is 0 Å². The SMILES string of the molecule is Cc1ccc(C(=O)NC2CCCC(C(=O)NC(C)C)C2)cc1NC(=O)c1ccccc1. The van der Waals surface area contributed by atoms with Crippen LogP contribution in [-0.2, 0) is 4.79 Å².